The Bertz CT molecular complexity index is 1030. The molecule has 1 N–H and O–H groups in total. The Balaban J connectivity index is 1.37. The summed E-state index contributed by atoms with van der Waals surface area (Å²) in [4.78, 5) is 21.0. The van der Waals surface area contributed by atoms with Crippen LogP contribution in [0.1, 0.15) is 65.2 Å². The van der Waals surface area contributed by atoms with Crippen molar-refractivity contribution in [3.8, 4) is 5.75 Å². The monoisotopic (exact) mass is 464 g/mol. The van der Waals surface area contributed by atoms with Crippen LogP contribution in [0.25, 0.3) is 0 Å². The number of hydrogen-bond donors (Lipinski definition) is 1. The molecule has 0 saturated heterocycles. The molecule has 1 saturated carbocycles. The zero-order valence-corrected chi connectivity index (χ0v) is 19.2. The van der Waals surface area contributed by atoms with Crippen LogP contribution >= 0.6 is 11.3 Å². The summed E-state index contributed by atoms with van der Waals surface area (Å²) in [6.07, 6.45) is 7.86. The molecule has 2 aromatic carbocycles. The molecular weight excluding hydrogens is 436 g/mol. The Hall–Kier alpha value is -3.19. The van der Waals surface area contributed by atoms with Gasteiger partial charge in [0.05, 0.1) is 23.0 Å². The standard InChI is InChI=1S/C26H28N2O4S/c29-26(30)22-8-6-19(7-9-22)14-28-32-16-25(20-4-2-1-3-5-20)21-10-12-24(13-11-21)31-15-23-17-33-18-27-23/h6-14,17-18,20,25H,1-5,15-16H2,(H,29,30). The van der Waals surface area contributed by atoms with Crippen molar-refractivity contribution in [2.24, 2.45) is 11.1 Å². The Kier molecular flexibility index (Phi) is 8.09. The van der Waals surface area contributed by atoms with Gasteiger partial charge >= 0.3 is 5.97 Å². The summed E-state index contributed by atoms with van der Waals surface area (Å²) in [5.74, 6) is 0.734. The molecule has 172 valence electrons. The lowest BCUT2D eigenvalue weighted by Crippen LogP contribution is -2.20. The topological polar surface area (TPSA) is 81.0 Å². The molecule has 0 aliphatic heterocycles. The van der Waals surface area contributed by atoms with E-state index >= 15 is 0 Å². The van der Waals surface area contributed by atoms with Crippen molar-refractivity contribution in [2.75, 3.05) is 6.61 Å². The van der Waals surface area contributed by atoms with Crippen LogP contribution in [0.4, 0.5) is 0 Å². The van der Waals surface area contributed by atoms with E-state index in [0.29, 0.717) is 19.1 Å². The van der Waals surface area contributed by atoms with Gasteiger partial charge in [-0.2, -0.15) is 0 Å². The van der Waals surface area contributed by atoms with Crippen LogP contribution in [-0.4, -0.2) is 28.9 Å². The molecule has 6 nitrogen and oxygen atoms in total. The van der Waals surface area contributed by atoms with Crippen molar-refractivity contribution in [3.63, 3.8) is 0 Å². The summed E-state index contributed by atoms with van der Waals surface area (Å²) in [6, 6.07) is 14.9. The second-order valence-electron chi connectivity index (χ2n) is 8.30. The van der Waals surface area contributed by atoms with E-state index in [1.807, 2.05) is 23.0 Å². The normalized spacial score (nSPS) is 15.4. The van der Waals surface area contributed by atoms with Crippen LogP contribution in [0.3, 0.4) is 0 Å². The molecule has 1 unspecified atom stereocenters. The molecule has 1 atom stereocenters. The maximum atomic E-state index is 11.0. The smallest absolute Gasteiger partial charge is 0.335 e. The summed E-state index contributed by atoms with van der Waals surface area (Å²) in [5, 5.41) is 15.1. The van der Waals surface area contributed by atoms with Crippen molar-refractivity contribution in [1.29, 1.82) is 0 Å². The minimum absolute atomic E-state index is 0.254. The number of aromatic carboxylic acids is 1. The number of carbonyl (C=O) groups is 1. The van der Waals surface area contributed by atoms with Gasteiger partial charge in [-0.3, -0.25) is 0 Å². The highest BCUT2D eigenvalue weighted by molar-refractivity contribution is 7.07. The van der Waals surface area contributed by atoms with Gasteiger partial charge in [0.2, 0.25) is 0 Å². The lowest BCUT2D eigenvalue weighted by molar-refractivity contribution is 0.0697. The number of nitrogens with zero attached hydrogens (tertiary/aromatic N) is 2. The number of aromatic nitrogens is 1. The summed E-state index contributed by atoms with van der Waals surface area (Å²) >= 11 is 1.57. The van der Waals surface area contributed by atoms with Gasteiger partial charge in [-0.05, 0) is 54.2 Å². The SMILES string of the molecule is O=C(O)c1ccc(C=NOCC(c2ccc(OCc3cscn3)cc2)C2CCCCC2)cc1. The number of thiazole rings is 1. The van der Waals surface area contributed by atoms with Crippen molar-refractivity contribution in [1.82, 2.24) is 4.98 Å². The quantitative estimate of drug-likeness (QED) is 0.288. The maximum Gasteiger partial charge on any atom is 0.335 e. The Morgan fingerprint density at radius 1 is 1.12 bits per heavy atom. The van der Waals surface area contributed by atoms with Crippen molar-refractivity contribution in [3.05, 3.63) is 81.8 Å². The number of carboxylic acids is 1. The first-order valence-corrected chi connectivity index (χ1v) is 12.2. The molecule has 1 heterocycles. The summed E-state index contributed by atoms with van der Waals surface area (Å²) in [5.41, 5.74) is 5.04. The molecule has 3 aromatic rings. The molecule has 0 radical (unpaired) electrons. The molecular formula is C26H28N2O4S. The van der Waals surface area contributed by atoms with Gasteiger partial charge < -0.3 is 14.7 Å². The van der Waals surface area contributed by atoms with Gasteiger partial charge in [-0.15, -0.1) is 11.3 Å². The largest absolute Gasteiger partial charge is 0.487 e. The van der Waals surface area contributed by atoms with Crippen LogP contribution in [0.5, 0.6) is 5.75 Å². The van der Waals surface area contributed by atoms with E-state index in [9.17, 15) is 4.79 Å². The molecule has 0 bridgehead atoms. The molecule has 0 spiro atoms. The van der Waals surface area contributed by atoms with Crippen molar-refractivity contribution in [2.45, 2.75) is 44.6 Å². The number of hydrogen-bond acceptors (Lipinski definition) is 6. The van der Waals surface area contributed by atoms with Crippen LogP contribution in [-0.2, 0) is 11.4 Å². The second kappa shape index (κ2) is 11.6. The average Bonchev–Trinajstić information content (AvgIpc) is 3.38. The molecule has 1 fully saturated rings. The predicted octanol–water partition coefficient (Wildman–Crippen LogP) is 6.13. The second-order valence-corrected chi connectivity index (χ2v) is 9.02. The molecule has 0 amide bonds. The Morgan fingerprint density at radius 3 is 2.55 bits per heavy atom. The first-order chi connectivity index (χ1) is 16.2. The van der Waals surface area contributed by atoms with E-state index in [1.54, 1.807) is 41.8 Å². The molecule has 1 aliphatic carbocycles. The van der Waals surface area contributed by atoms with Gasteiger partial charge in [-0.1, -0.05) is 48.7 Å². The molecule has 4 rings (SSSR count). The molecule has 1 aromatic heterocycles. The van der Waals surface area contributed by atoms with E-state index in [-0.39, 0.29) is 11.5 Å². The fraction of sp³-hybridized carbons (Fsp3) is 0.346. The van der Waals surface area contributed by atoms with Crippen LogP contribution in [0.15, 0.2) is 64.6 Å². The lowest BCUT2D eigenvalue weighted by Gasteiger charge is -2.29. The lowest BCUT2D eigenvalue weighted by atomic mass is 9.77. The fourth-order valence-corrected chi connectivity index (χ4v) is 4.79. The molecule has 7 heteroatoms. The number of rotatable bonds is 10. The Labute approximate surface area is 197 Å². The third-order valence-corrected chi connectivity index (χ3v) is 6.72. The highest BCUT2D eigenvalue weighted by atomic mass is 32.1. The third kappa shape index (κ3) is 6.65. The van der Waals surface area contributed by atoms with Gasteiger partial charge in [0.1, 0.15) is 19.0 Å². The minimum atomic E-state index is -0.940. The average molecular weight is 465 g/mol. The van der Waals surface area contributed by atoms with Crippen LogP contribution in [0, 0.1) is 5.92 Å². The van der Waals surface area contributed by atoms with Gasteiger partial charge in [0, 0.05) is 11.3 Å². The van der Waals surface area contributed by atoms with Gasteiger partial charge in [0.15, 0.2) is 0 Å². The van der Waals surface area contributed by atoms with Crippen molar-refractivity contribution >= 4 is 23.5 Å². The summed E-state index contributed by atoms with van der Waals surface area (Å²) in [6.45, 7) is 0.980. The van der Waals surface area contributed by atoms with E-state index in [0.717, 1.165) is 17.0 Å². The predicted molar refractivity (Wildman–Crippen MR) is 129 cm³/mol. The van der Waals surface area contributed by atoms with Gasteiger partial charge in [0.25, 0.3) is 0 Å². The maximum absolute atomic E-state index is 11.0. The first kappa shape index (κ1) is 23.0. The van der Waals surface area contributed by atoms with E-state index in [1.165, 1.54) is 37.7 Å². The zero-order chi connectivity index (χ0) is 22.9. The van der Waals surface area contributed by atoms with Crippen molar-refractivity contribution < 1.29 is 19.5 Å². The number of benzene rings is 2. The number of carboxylic acid groups (broad SMARTS) is 1. The number of ether oxygens (including phenoxy) is 1. The highest BCUT2D eigenvalue weighted by Crippen LogP contribution is 2.37. The molecule has 33 heavy (non-hydrogen) atoms. The van der Waals surface area contributed by atoms with E-state index in [2.05, 4.69) is 22.3 Å². The minimum Gasteiger partial charge on any atom is -0.487 e. The van der Waals surface area contributed by atoms with E-state index < -0.39 is 5.97 Å². The van der Waals surface area contributed by atoms with Gasteiger partial charge in [-0.25, -0.2) is 9.78 Å². The van der Waals surface area contributed by atoms with Crippen LogP contribution in [0.2, 0.25) is 0 Å². The highest BCUT2D eigenvalue weighted by Gasteiger charge is 2.26. The zero-order valence-electron chi connectivity index (χ0n) is 18.4. The molecule has 1 aliphatic rings. The Morgan fingerprint density at radius 2 is 1.88 bits per heavy atom. The van der Waals surface area contributed by atoms with Crippen LogP contribution < -0.4 is 4.74 Å². The fourth-order valence-electron chi connectivity index (χ4n) is 4.25. The number of oxime groups is 1. The summed E-state index contributed by atoms with van der Waals surface area (Å²) < 4.78 is 5.85. The third-order valence-electron chi connectivity index (χ3n) is 6.09. The van der Waals surface area contributed by atoms with E-state index in [4.69, 9.17) is 14.7 Å². The first-order valence-electron chi connectivity index (χ1n) is 11.3. The summed E-state index contributed by atoms with van der Waals surface area (Å²) in [7, 11) is 0.